The van der Waals surface area contributed by atoms with Crippen molar-refractivity contribution in [3.8, 4) is 0 Å². The first-order valence-corrected chi connectivity index (χ1v) is 9.03. The lowest BCUT2D eigenvalue weighted by Crippen LogP contribution is -2.49. The van der Waals surface area contributed by atoms with Gasteiger partial charge >= 0.3 is 0 Å². The van der Waals surface area contributed by atoms with E-state index in [1.165, 1.54) is 0 Å². The van der Waals surface area contributed by atoms with E-state index in [4.69, 9.17) is 17.3 Å². The molecular weight excluding hydrogens is 346 g/mol. The SMILES string of the molecule is NC(=O)C(Cc1ccccc1)CN1CCN(c2nsnc2Cl)CC1. The number of nitrogens with zero attached hydrogens (tertiary/aromatic N) is 4. The summed E-state index contributed by atoms with van der Waals surface area (Å²) in [6.45, 7) is 4.03. The van der Waals surface area contributed by atoms with Crippen LogP contribution in [0.2, 0.25) is 5.15 Å². The summed E-state index contributed by atoms with van der Waals surface area (Å²) < 4.78 is 8.25. The van der Waals surface area contributed by atoms with Gasteiger partial charge in [0.2, 0.25) is 5.91 Å². The Kier molecular flexibility index (Phi) is 5.65. The fourth-order valence-electron chi connectivity index (χ4n) is 2.97. The van der Waals surface area contributed by atoms with Crippen molar-refractivity contribution < 1.29 is 4.79 Å². The number of piperazine rings is 1. The third-order valence-corrected chi connectivity index (χ3v) is 5.18. The van der Waals surface area contributed by atoms with Gasteiger partial charge in [0.25, 0.3) is 0 Å². The van der Waals surface area contributed by atoms with E-state index in [9.17, 15) is 4.79 Å². The van der Waals surface area contributed by atoms with Crippen LogP contribution in [0.5, 0.6) is 0 Å². The second-order valence-electron chi connectivity index (χ2n) is 5.96. The number of amides is 1. The van der Waals surface area contributed by atoms with Gasteiger partial charge in [0.05, 0.1) is 17.6 Å². The molecule has 0 bridgehead atoms. The Morgan fingerprint density at radius 3 is 2.50 bits per heavy atom. The number of carbonyl (C=O) groups excluding carboxylic acids is 1. The van der Waals surface area contributed by atoms with Gasteiger partial charge in [0.15, 0.2) is 11.0 Å². The van der Waals surface area contributed by atoms with E-state index in [2.05, 4.69) is 18.5 Å². The molecule has 1 unspecified atom stereocenters. The summed E-state index contributed by atoms with van der Waals surface area (Å²) in [5, 5.41) is 0.465. The lowest BCUT2D eigenvalue weighted by molar-refractivity contribution is -0.122. The van der Waals surface area contributed by atoms with E-state index >= 15 is 0 Å². The summed E-state index contributed by atoms with van der Waals surface area (Å²) in [6.07, 6.45) is 0.679. The van der Waals surface area contributed by atoms with E-state index in [1.807, 2.05) is 30.3 Å². The predicted octanol–water partition coefficient (Wildman–Crippen LogP) is 1.66. The Hall–Kier alpha value is -1.70. The minimum atomic E-state index is -0.243. The first-order valence-electron chi connectivity index (χ1n) is 7.92. The van der Waals surface area contributed by atoms with E-state index < -0.39 is 0 Å². The molecule has 2 aromatic rings. The van der Waals surface area contributed by atoms with E-state index in [1.54, 1.807) is 0 Å². The van der Waals surface area contributed by atoms with Crippen LogP contribution in [0.1, 0.15) is 5.56 Å². The maximum Gasteiger partial charge on any atom is 0.222 e. The number of benzene rings is 1. The van der Waals surface area contributed by atoms with Crippen LogP contribution in [0.25, 0.3) is 0 Å². The molecule has 128 valence electrons. The Balaban J connectivity index is 1.55. The highest BCUT2D eigenvalue weighted by Crippen LogP contribution is 2.24. The lowest BCUT2D eigenvalue weighted by Gasteiger charge is -2.36. The molecule has 1 aliphatic rings. The van der Waals surface area contributed by atoms with Crippen molar-refractivity contribution in [2.24, 2.45) is 11.7 Å². The van der Waals surface area contributed by atoms with Gasteiger partial charge in [-0.25, -0.2) is 0 Å². The van der Waals surface area contributed by atoms with Crippen LogP contribution < -0.4 is 10.6 Å². The van der Waals surface area contributed by atoms with Crippen molar-refractivity contribution in [2.75, 3.05) is 37.6 Å². The lowest BCUT2D eigenvalue weighted by atomic mass is 9.98. The molecule has 1 aromatic heterocycles. The van der Waals surface area contributed by atoms with Crippen LogP contribution in [-0.2, 0) is 11.2 Å². The minimum Gasteiger partial charge on any atom is -0.369 e. The van der Waals surface area contributed by atoms with Gasteiger partial charge in [0, 0.05) is 32.7 Å². The second-order valence-corrected chi connectivity index (χ2v) is 6.84. The van der Waals surface area contributed by atoms with Crippen LogP contribution in [-0.4, -0.2) is 52.3 Å². The number of halogens is 1. The highest BCUT2D eigenvalue weighted by atomic mass is 35.5. The van der Waals surface area contributed by atoms with Crippen molar-refractivity contribution in [1.82, 2.24) is 13.6 Å². The third-order valence-electron chi connectivity index (χ3n) is 4.31. The number of primary amides is 1. The van der Waals surface area contributed by atoms with E-state index in [0.717, 1.165) is 49.3 Å². The Labute approximate surface area is 150 Å². The average molecular weight is 366 g/mol. The normalized spacial score (nSPS) is 17.0. The molecule has 2 N–H and O–H groups in total. The molecule has 1 atom stereocenters. The fourth-order valence-corrected chi connectivity index (χ4v) is 3.75. The first kappa shape index (κ1) is 17.1. The van der Waals surface area contributed by atoms with Crippen LogP contribution in [0.15, 0.2) is 30.3 Å². The van der Waals surface area contributed by atoms with Crippen LogP contribution in [0.4, 0.5) is 5.82 Å². The molecule has 24 heavy (non-hydrogen) atoms. The smallest absolute Gasteiger partial charge is 0.222 e. The number of hydrogen-bond donors (Lipinski definition) is 1. The third kappa shape index (κ3) is 4.23. The van der Waals surface area contributed by atoms with Gasteiger partial charge in [-0.1, -0.05) is 41.9 Å². The fraction of sp³-hybridized carbons (Fsp3) is 0.438. The van der Waals surface area contributed by atoms with Gasteiger partial charge in [-0.3, -0.25) is 9.69 Å². The molecule has 1 amide bonds. The number of hydrogen-bond acceptors (Lipinski definition) is 6. The van der Waals surface area contributed by atoms with E-state index in [-0.39, 0.29) is 11.8 Å². The monoisotopic (exact) mass is 365 g/mol. The zero-order valence-electron chi connectivity index (χ0n) is 13.3. The summed E-state index contributed by atoms with van der Waals surface area (Å²) in [7, 11) is 0. The predicted molar refractivity (Wildman–Crippen MR) is 96.4 cm³/mol. The maximum absolute atomic E-state index is 11.8. The van der Waals surface area contributed by atoms with Gasteiger partial charge in [0.1, 0.15) is 0 Å². The minimum absolute atomic E-state index is 0.177. The molecule has 0 spiro atoms. The summed E-state index contributed by atoms with van der Waals surface area (Å²) in [6, 6.07) is 10.0. The zero-order chi connectivity index (χ0) is 16.9. The van der Waals surface area contributed by atoms with Crippen molar-refractivity contribution in [1.29, 1.82) is 0 Å². The molecule has 1 aromatic carbocycles. The first-order chi connectivity index (χ1) is 11.6. The highest BCUT2D eigenvalue weighted by molar-refractivity contribution is 6.99. The molecular formula is C16H20ClN5OS. The van der Waals surface area contributed by atoms with Crippen LogP contribution in [0.3, 0.4) is 0 Å². The largest absolute Gasteiger partial charge is 0.369 e. The number of nitrogens with two attached hydrogens (primary N) is 1. The van der Waals surface area contributed by atoms with Crippen molar-refractivity contribution >= 4 is 35.1 Å². The number of carbonyl (C=O) groups is 1. The van der Waals surface area contributed by atoms with Crippen molar-refractivity contribution in [3.63, 3.8) is 0 Å². The molecule has 1 saturated heterocycles. The van der Waals surface area contributed by atoms with Gasteiger partial charge in [-0.05, 0) is 12.0 Å². The number of aromatic nitrogens is 2. The Bertz CT molecular complexity index is 672. The molecule has 0 saturated carbocycles. The Morgan fingerprint density at radius 1 is 1.21 bits per heavy atom. The molecule has 0 aliphatic carbocycles. The molecule has 1 aliphatic heterocycles. The summed E-state index contributed by atoms with van der Waals surface area (Å²) in [4.78, 5) is 16.2. The van der Waals surface area contributed by atoms with Crippen LogP contribution >= 0.6 is 23.3 Å². The second kappa shape index (κ2) is 7.92. The van der Waals surface area contributed by atoms with Gasteiger partial charge < -0.3 is 10.6 Å². The van der Waals surface area contributed by atoms with Crippen LogP contribution in [0, 0.1) is 5.92 Å². The van der Waals surface area contributed by atoms with E-state index in [0.29, 0.717) is 18.1 Å². The van der Waals surface area contributed by atoms with Crippen molar-refractivity contribution in [3.05, 3.63) is 41.0 Å². The average Bonchev–Trinajstić information content (AvgIpc) is 3.02. The standard InChI is InChI=1S/C16H20ClN5OS/c17-14-16(20-24-19-14)22-8-6-21(7-9-22)11-13(15(18)23)10-12-4-2-1-3-5-12/h1-5,13H,6-11H2,(H2,18,23). The molecule has 6 nitrogen and oxygen atoms in total. The van der Waals surface area contributed by atoms with Gasteiger partial charge in [-0.2, -0.15) is 8.75 Å². The highest BCUT2D eigenvalue weighted by Gasteiger charge is 2.25. The number of rotatable bonds is 6. The molecule has 8 heteroatoms. The zero-order valence-corrected chi connectivity index (χ0v) is 14.8. The topological polar surface area (TPSA) is 75.4 Å². The molecule has 0 radical (unpaired) electrons. The molecule has 3 rings (SSSR count). The van der Waals surface area contributed by atoms with Crippen molar-refractivity contribution in [2.45, 2.75) is 6.42 Å². The van der Waals surface area contributed by atoms with Gasteiger partial charge in [-0.15, -0.1) is 0 Å². The Morgan fingerprint density at radius 2 is 1.92 bits per heavy atom. The summed E-state index contributed by atoms with van der Waals surface area (Å²) >= 11 is 7.17. The molecule has 1 fully saturated rings. The summed E-state index contributed by atoms with van der Waals surface area (Å²) in [5.41, 5.74) is 6.75. The quantitative estimate of drug-likeness (QED) is 0.842. The summed E-state index contributed by atoms with van der Waals surface area (Å²) in [5.74, 6) is 0.341. The number of anilines is 1. The maximum atomic E-state index is 11.8. The molecule has 2 heterocycles.